The number of hydrogen-bond donors (Lipinski definition) is 1. The molecule has 4 nitrogen and oxygen atoms in total. The molecule has 0 amide bonds. The van der Waals surface area contributed by atoms with Crippen LogP contribution in [0.3, 0.4) is 0 Å². The van der Waals surface area contributed by atoms with Crippen LogP contribution in [0.15, 0.2) is 12.1 Å². The fourth-order valence-corrected chi connectivity index (χ4v) is 1.75. The minimum absolute atomic E-state index is 0.0328. The summed E-state index contributed by atoms with van der Waals surface area (Å²) in [5.74, 6) is 0.0893. The molecule has 21 heavy (non-hydrogen) atoms. The van der Waals surface area contributed by atoms with Gasteiger partial charge in [-0.1, -0.05) is 27.7 Å². The van der Waals surface area contributed by atoms with Gasteiger partial charge in [0.05, 0.1) is 5.69 Å². The molecular formula is C16H25FN2O2. The van der Waals surface area contributed by atoms with Crippen LogP contribution in [-0.2, 0) is 11.2 Å². The SMILES string of the molecule is CC(C)NCCOc1ccc(F)c(CCC(=O)C(C)C)n1. The Balaban J connectivity index is 2.52. The lowest BCUT2D eigenvalue weighted by Crippen LogP contribution is -2.27. The molecule has 1 heterocycles. The average molecular weight is 296 g/mol. The van der Waals surface area contributed by atoms with Crippen LogP contribution in [0.2, 0.25) is 0 Å². The van der Waals surface area contributed by atoms with Crippen LogP contribution in [0.4, 0.5) is 4.39 Å². The Morgan fingerprint density at radius 1 is 1.33 bits per heavy atom. The van der Waals surface area contributed by atoms with E-state index in [0.29, 0.717) is 43.6 Å². The van der Waals surface area contributed by atoms with Crippen molar-refractivity contribution < 1.29 is 13.9 Å². The van der Waals surface area contributed by atoms with Gasteiger partial charge in [0.25, 0.3) is 0 Å². The first-order valence-corrected chi connectivity index (χ1v) is 7.44. The van der Waals surface area contributed by atoms with Gasteiger partial charge in [0.1, 0.15) is 18.2 Å². The van der Waals surface area contributed by atoms with E-state index in [1.807, 2.05) is 13.8 Å². The van der Waals surface area contributed by atoms with E-state index in [1.165, 1.54) is 12.1 Å². The number of rotatable bonds is 9. The summed E-state index contributed by atoms with van der Waals surface area (Å²) in [5.41, 5.74) is 0.290. The lowest BCUT2D eigenvalue weighted by Gasteiger charge is -2.10. The number of nitrogens with zero attached hydrogens (tertiary/aromatic N) is 1. The van der Waals surface area contributed by atoms with Crippen molar-refractivity contribution in [1.29, 1.82) is 0 Å². The molecule has 0 bridgehead atoms. The third kappa shape index (κ3) is 6.67. The van der Waals surface area contributed by atoms with Crippen LogP contribution in [0.1, 0.15) is 39.8 Å². The first-order chi connectivity index (χ1) is 9.90. The molecule has 0 atom stereocenters. The molecule has 0 aliphatic carbocycles. The van der Waals surface area contributed by atoms with Crippen molar-refractivity contribution in [2.24, 2.45) is 5.92 Å². The minimum Gasteiger partial charge on any atom is -0.476 e. The van der Waals surface area contributed by atoms with Crippen LogP contribution >= 0.6 is 0 Å². The second-order valence-corrected chi connectivity index (χ2v) is 5.66. The van der Waals surface area contributed by atoms with E-state index in [9.17, 15) is 9.18 Å². The number of carbonyl (C=O) groups excluding carboxylic acids is 1. The Morgan fingerprint density at radius 2 is 2.05 bits per heavy atom. The number of halogens is 1. The van der Waals surface area contributed by atoms with Gasteiger partial charge in [-0.3, -0.25) is 4.79 Å². The van der Waals surface area contributed by atoms with Gasteiger partial charge in [0.2, 0.25) is 5.88 Å². The number of ketones is 1. The summed E-state index contributed by atoms with van der Waals surface area (Å²) in [7, 11) is 0. The van der Waals surface area contributed by atoms with Gasteiger partial charge in [0, 0.05) is 31.0 Å². The van der Waals surface area contributed by atoms with Crippen molar-refractivity contribution in [3.63, 3.8) is 0 Å². The monoisotopic (exact) mass is 296 g/mol. The Bertz CT molecular complexity index is 462. The predicted molar refractivity (Wildman–Crippen MR) is 81.0 cm³/mol. The van der Waals surface area contributed by atoms with E-state index in [-0.39, 0.29) is 17.5 Å². The highest BCUT2D eigenvalue weighted by atomic mass is 19.1. The van der Waals surface area contributed by atoms with Crippen molar-refractivity contribution in [3.05, 3.63) is 23.6 Å². The zero-order valence-corrected chi connectivity index (χ0v) is 13.3. The van der Waals surface area contributed by atoms with Crippen molar-refractivity contribution in [1.82, 2.24) is 10.3 Å². The van der Waals surface area contributed by atoms with Gasteiger partial charge < -0.3 is 10.1 Å². The lowest BCUT2D eigenvalue weighted by atomic mass is 10.0. The molecule has 1 aromatic rings. The molecule has 118 valence electrons. The maximum Gasteiger partial charge on any atom is 0.213 e. The highest BCUT2D eigenvalue weighted by Crippen LogP contribution is 2.14. The number of aryl methyl sites for hydroxylation is 1. The molecular weight excluding hydrogens is 271 g/mol. The fourth-order valence-electron chi connectivity index (χ4n) is 1.75. The van der Waals surface area contributed by atoms with Crippen LogP contribution in [0.25, 0.3) is 0 Å². The quantitative estimate of drug-likeness (QED) is 0.712. The molecule has 0 aliphatic heterocycles. The van der Waals surface area contributed by atoms with Crippen LogP contribution < -0.4 is 10.1 Å². The number of carbonyl (C=O) groups is 1. The van der Waals surface area contributed by atoms with Gasteiger partial charge >= 0.3 is 0 Å². The van der Waals surface area contributed by atoms with E-state index in [4.69, 9.17) is 4.74 Å². The first kappa shape index (κ1) is 17.6. The zero-order chi connectivity index (χ0) is 15.8. The van der Waals surface area contributed by atoms with Gasteiger partial charge in [-0.05, 0) is 12.5 Å². The highest BCUT2D eigenvalue weighted by molar-refractivity contribution is 5.80. The molecule has 0 saturated heterocycles. The smallest absolute Gasteiger partial charge is 0.213 e. The van der Waals surface area contributed by atoms with Crippen molar-refractivity contribution in [3.8, 4) is 5.88 Å². The maximum absolute atomic E-state index is 13.7. The summed E-state index contributed by atoms with van der Waals surface area (Å²) in [6, 6.07) is 3.25. The molecule has 1 rings (SSSR count). The number of hydrogen-bond acceptors (Lipinski definition) is 4. The van der Waals surface area contributed by atoms with Gasteiger partial charge in [-0.15, -0.1) is 0 Å². The molecule has 0 unspecified atom stereocenters. The van der Waals surface area contributed by atoms with Gasteiger partial charge in [0.15, 0.2) is 0 Å². The largest absolute Gasteiger partial charge is 0.476 e. The molecule has 0 saturated carbocycles. The molecule has 1 aromatic heterocycles. The molecule has 1 N–H and O–H groups in total. The van der Waals surface area contributed by atoms with Crippen LogP contribution in [0, 0.1) is 11.7 Å². The molecule has 0 spiro atoms. The summed E-state index contributed by atoms with van der Waals surface area (Å²) in [5, 5.41) is 3.22. The fraction of sp³-hybridized carbons (Fsp3) is 0.625. The predicted octanol–water partition coefficient (Wildman–Crippen LogP) is 2.76. The molecule has 0 fully saturated rings. The number of aromatic nitrogens is 1. The standard InChI is InChI=1S/C16H25FN2O2/c1-11(2)15(20)7-6-14-13(17)5-8-16(19-14)21-10-9-18-12(3)4/h5,8,11-12,18H,6-7,9-10H2,1-4H3. The molecule has 5 heteroatoms. The third-order valence-electron chi connectivity index (χ3n) is 3.05. The van der Waals surface area contributed by atoms with Crippen LogP contribution in [0.5, 0.6) is 5.88 Å². The number of nitrogens with one attached hydrogen (secondary N) is 1. The van der Waals surface area contributed by atoms with E-state index < -0.39 is 0 Å². The maximum atomic E-state index is 13.7. The Hall–Kier alpha value is -1.49. The summed E-state index contributed by atoms with van der Waals surface area (Å²) >= 11 is 0. The second kappa shape index (κ2) is 8.72. The first-order valence-electron chi connectivity index (χ1n) is 7.44. The Morgan fingerprint density at radius 3 is 2.67 bits per heavy atom. The molecule has 0 aliphatic rings. The summed E-state index contributed by atoms with van der Waals surface area (Å²) in [4.78, 5) is 15.7. The van der Waals surface area contributed by atoms with Crippen molar-refractivity contribution >= 4 is 5.78 Å². The Labute approximate surface area is 126 Å². The van der Waals surface area contributed by atoms with E-state index in [2.05, 4.69) is 24.1 Å². The number of pyridine rings is 1. The van der Waals surface area contributed by atoms with E-state index >= 15 is 0 Å². The second-order valence-electron chi connectivity index (χ2n) is 5.66. The van der Waals surface area contributed by atoms with Gasteiger partial charge in [-0.2, -0.15) is 0 Å². The number of Topliss-reactive ketones (excluding diaryl/α,β-unsaturated/α-hetero) is 1. The minimum atomic E-state index is -0.390. The molecule has 0 aromatic carbocycles. The average Bonchev–Trinajstić information content (AvgIpc) is 2.43. The number of ether oxygens (including phenoxy) is 1. The summed E-state index contributed by atoms with van der Waals surface area (Å²) in [6.07, 6.45) is 0.615. The summed E-state index contributed by atoms with van der Waals surface area (Å²) in [6.45, 7) is 8.97. The van der Waals surface area contributed by atoms with E-state index in [1.54, 1.807) is 0 Å². The van der Waals surface area contributed by atoms with Crippen molar-refractivity contribution in [2.75, 3.05) is 13.2 Å². The third-order valence-corrected chi connectivity index (χ3v) is 3.05. The normalized spacial score (nSPS) is 11.2. The van der Waals surface area contributed by atoms with E-state index in [0.717, 1.165) is 0 Å². The molecule has 0 radical (unpaired) electrons. The summed E-state index contributed by atoms with van der Waals surface area (Å²) < 4.78 is 19.2. The highest BCUT2D eigenvalue weighted by Gasteiger charge is 2.11. The van der Waals surface area contributed by atoms with Crippen molar-refractivity contribution in [2.45, 2.75) is 46.6 Å². The topological polar surface area (TPSA) is 51.2 Å². The zero-order valence-electron chi connectivity index (χ0n) is 13.3. The van der Waals surface area contributed by atoms with Gasteiger partial charge in [-0.25, -0.2) is 9.37 Å². The Kier molecular flexibility index (Phi) is 7.29. The van der Waals surface area contributed by atoms with Crippen LogP contribution in [-0.4, -0.2) is 30.0 Å². The lowest BCUT2D eigenvalue weighted by molar-refractivity contribution is -0.121.